The molecule has 0 saturated carbocycles. The molecule has 2 aromatic rings. The molecule has 0 spiro atoms. The van der Waals surface area contributed by atoms with Crippen LogP contribution in [-0.4, -0.2) is 46.3 Å². The molecule has 22 heavy (non-hydrogen) atoms. The molecule has 1 saturated heterocycles. The van der Waals surface area contributed by atoms with Gasteiger partial charge in [0, 0.05) is 19.0 Å². The summed E-state index contributed by atoms with van der Waals surface area (Å²) in [5, 5.41) is 12.0. The van der Waals surface area contributed by atoms with Gasteiger partial charge in [0.15, 0.2) is 5.82 Å². The smallest absolute Gasteiger partial charge is 0.152 e. The van der Waals surface area contributed by atoms with Gasteiger partial charge in [0.25, 0.3) is 0 Å². The third-order valence-corrected chi connectivity index (χ3v) is 4.20. The standard InChI is InChI=1S/C17H23N5/c1-13(15-7-4-3-5-8-15)16-17(19-14(2)20-21-16)18-9-12-22-10-6-11-22/h3-5,7-8,13H,6,9-12H2,1-2H3,(H,18,19,20)/t13-/m1/s1. The molecule has 5 heteroatoms. The first-order valence-corrected chi connectivity index (χ1v) is 7.96. The van der Waals surface area contributed by atoms with E-state index in [1.54, 1.807) is 0 Å². The number of rotatable bonds is 6. The highest BCUT2D eigenvalue weighted by atomic mass is 15.2. The Kier molecular flexibility index (Phi) is 4.63. The van der Waals surface area contributed by atoms with Crippen LogP contribution in [0.5, 0.6) is 0 Å². The lowest BCUT2D eigenvalue weighted by Crippen LogP contribution is -2.40. The van der Waals surface area contributed by atoms with Crippen molar-refractivity contribution in [2.24, 2.45) is 0 Å². The Morgan fingerprint density at radius 3 is 2.64 bits per heavy atom. The van der Waals surface area contributed by atoms with E-state index in [0.29, 0.717) is 5.82 Å². The Morgan fingerprint density at radius 1 is 1.18 bits per heavy atom. The number of nitrogens with zero attached hydrogens (tertiary/aromatic N) is 4. The normalized spacial score (nSPS) is 16.1. The number of nitrogens with one attached hydrogen (secondary N) is 1. The number of likely N-dealkylation sites (tertiary alicyclic amines) is 1. The second-order valence-corrected chi connectivity index (χ2v) is 5.85. The highest BCUT2D eigenvalue weighted by molar-refractivity contribution is 5.45. The Balaban J connectivity index is 1.74. The van der Waals surface area contributed by atoms with Gasteiger partial charge in [-0.2, -0.15) is 0 Å². The van der Waals surface area contributed by atoms with Crippen molar-refractivity contribution in [3.8, 4) is 0 Å². The monoisotopic (exact) mass is 297 g/mol. The molecule has 1 aromatic heterocycles. The van der Waals surface area contributed by atoms with Gasteiger partial charge < -0.3 is 10.2 Å². The second-order valence-electron chi connectivity index (χ2n) is 5.85. The minimum atomic E-state index is 0.174. The van der Waals surface area contributed by atoms with Gasteiger partial charge in [-0.3, -0.25) is 0 Å². The van der Waals surface area contributed by atoms with Crippen molar-refractivity contribution in [3.05, 3.63) is 47.4 Å². The second kappa shape index (κ2) is 6.83. The molecule has 1 aromatic carbocycles. The Labute approximate surface area is 131 Å². The molecular formula is C17H23N5. The molecular weight excluding hydrogens is 274 g/mol. The minimum Gasteiger partial charge on any atom is -0.367 e. The summed E-state index contributed by atoms with van der Waals surface area (Å²) in [5.74, 6) is 1.74. The van der Waals surface area contributed by atoms with Crippen LogP contribution < -0.4 is 5.32 Å². The Morgan fingerprint density at radius 2 is 1.95 bits per heavy atom. The molecule has 0 aliphatic carbocycles. The first kappa shape index (κ1) is 14.9. The van der Waals surface area contributed by atoms with E-state index in [2.05, 4.69) is 56.6 Å². The largest absolute Gasteiger partial charge is 0.367 e. The van der Waals surface area contributed by atoms with Gasteiger partial charge in [0.1, 0.15) is 11.5 Å². The number of aryl methyl sites for hydroxylation is 1. The topological polar surface area (TPSA) is 53.9 Å². The third-order valence-electron chi connectivity index (χ3n) is 4.20. The zero-order valence-corrected chi connectivity index (χ0v) is 13.3. The lowest BCUT2D eigenvalue weighted by Gasteiger charge is -2.30. The SMILES string of the molecule is Cc1nnc([C@H](C)c2ccccc2)c(NCCN2CCC2)n1. The number of hydrogen-bond donors (Lipinski definition) is 1. The molecule has 1 aliphatic heterocycles. The van der Waals surface area contributed by atoms with E-state index in [0.717, 1.165) is 24.6 Å². The molecule has 2 heterocycles. The van der Waals surface area contributed by atoms with E-state index in [9.17, 15) is 0 Å². The summed E-state index contributed by atoms with van der Waals surface area (Å²) in [4.78, 5) is 7.00. The maximum absolute atomic E-state index is 4.56. The van der Waals surface area contributed by atoms with E-state index >= 15 is 0 Å². The quantitative estimate of drug-likeness (QED) is 0.887. The van der Waals surface area contributed by atoms with Crippen molar-refractivity contribution in [1.82, 2.24) is 20.1 Å². The first-order valence-electron chi connectivity index (χ1n) is 7.96. The maximum atomic E-state index is 4.56. The zero-order valence-electron chi connectivity index (χ0n) is 13.3. The molecule has 5 nitrogen and oxygen atoms in total. The molecule has 1 N–H and O–H groups in total. The van der Waals surface area contributed by atoms with E-state index in [-0.39, 0.29) is 5.92 Å². The summed E-state index contributed by atoms with van der Waals surface area (Å²) < 4.78 is 0. The molecule has 116 valence electrons. The fraction of sp³-hybridized carbons (Fsp3) is 0.471. The zero-order chi connectivity index (χ0) is 15.4. The average Bonchev–Trinajstić information content (AvgIpc) is 2.50. The van der Waals surface area contributed by atoms with Gasteiger partial charge in [-0.25, -0.2) is 4.98 Å². The summed E-state index contributed by atoms with van der Waals surface area (Å²) >= 11 is 0. The lowest BCUT2D eigenvalue weighted by molar-refractivity contribution is 0.189. The van der Waals surface area contributed by atoms with Crippen molar-refractivity contribution < 1.29 is 0 Å². The van der Waals surface area contributed by atoms with Crippen LogP contribution in [-0.2, 0) is 0 Å². The maximum Gasteiger partial charge on any atom is 0.152 e. The first-order chi connectivity index (χ1) is 10.7. The molecule has 0 bridgehead atoms. The molecule has 0 amide bonds. The van der Waals surface area contributed by atoms with Crippen molar-refractivity contribution in [2.45, 2.75) is 26.2 Å². The van der Waals surface area contributed by atoms with Gasteiger partial charge in [0.05, 0.1) is 0 Å². The molecule has 1 atom stereocenters. The summed E-state index contributed by atoms with van der Waals surface area (Å²) in [6.45, 7) is 8.42. The van der Waals surface area contributed by atoms with Gasteiger partial charge in [-0.15, -0.1) is 10.2 Å². The molecule has 0 unspecified atom stereocenters. The van der Waals surface area contributed by atoms with Crippen molar-refractivity contribution in [3.63, 3.8) is 0 Å². The van der Waals surface area contributed by atoms with Crippen molar-refractivity contribution in [1.29, 1.82) is 0 Å². The predicted molar refractivity (Wildman–Crippen MR) is 88.1 cm³/mol. The summed E-state index contributed by atoms with van der Waals surface area (Å²) in [5.41, 5.74) is 2.15. The predicted octanol–water partition coefficient (Wildman–Crippen LogP) is 2.45. The van der Waals surface area contributed by atoms with Crippen LogP contribution in [0.25, 0.3) is 0 Å². The van der Waals surface area contributed by atoms with Crippen LogP contribution in [0.4, 0.5) is 5.82 Å². The lowest BCUT2D eigenvalue weighted by atomic mass is 9.97. The van der Waals surface area contributed by atoms with Crippen LogP contribution in [0.3, 0.4) is 0 Å². The Hall–Kier alpha value is -2.01. The molecule has 1 fully saturated rings. The number of hydrogen-bond acceptors (Lipinski definition) is 5. The highest BCUT2D eigenvalue weighted by Crippen LogP contribution is 2.26. The van der Waals surface area contributed by atoms with Crippen LogP contribution >= 0.6 is 0 Å². The van der Waals surface area contributed by atoms with E-state index in [1.807, 2.05) is 13.0 Å². The summed E-state index contributed by atoms with van der Waals surface area (Å²) in [7, 11) is 0. The molecule has 1 aliphatic rings. The van der Waals surface area contributed by atoms with Gasteiger partial charge in [-0.05, 0) is 32.0 Å². The highest BCUT2D eigenvalue weighted by Gasteiger charge is 2.18. The van der Waals surface area contributed by atoms with Gasteiger partial charge >= 0.3 is 0 Å². The van der Waals surface area contributed by atoms with Gasteiger partial charge in [0.2, 0.25) is 0 Å². The Bertz CT molecular complexity index is 610. The van der Waals surface area contributed by atoms with E-state index in [1.165, 1.54) is 25.1 Å². The van der Waals surface area contributed by atoms with Crippen LogP contribution in [0.15, 0.2) is 30.3 Å². The number of benzene rings is 1. The fourth-order valence-corrected chi connectivity index (χ4v) is 2.67. The van der Waals surface area contributed by atoms with Gasteiger partial charge in [-0.1, -0.05) is 37.3 Å². The fourth-order valence-electron chi connectivity index (χ4n) is 2.67. The van der Waals surface area contributed by atoms with Crippen LogP contribution in [0.1, 0.15) is 36.3 Å². The minimum absolute atomic E-state index is 0.174. The van der Waals surface area contributed by atoms with Crippen LogP contribution in [0, 0.1) is 6.92 Å². The van der Waals surface area contributed by atoms with E-state index < -0.39 is 0 Å². The number of aromatic nitrogens is 3. The summed E-state index contributed by atoms with van der Waals surface area (Å²) in [6.07, 6.45) is 1.32. The van der Waals surface area contributed by atoms with E-state index in [4.69, 9.17) is 0 Å². The molecule has 3 rings (SSSR count). The number of anilines is 1. The van der Waals surface area contributed by atoms with Crippen molar-refractivity contribution in [2.75, 3.05) is 31.5 Å². The van der Waals surface area contributed by atoms with Crippen molar-refractivity contribution >= 4 is 5.82 Å². The molecule has 0 radical (unpaired) electrons. The average molecular weight is 297 g/mol. The van der Waals surface area contributed by atoms with Crippen LogP contribution in [0.2, 0.25) is 0 Å². The summed E-state index contributed by atoms with van der Waals surface area (Å²) in [6, 6.07) is 10.4. The third kappa shape index (κ3) is 3.42.